The fourth-order valence-electron chi connectivity index (χ4n) is 3.73. The second-order valence-corrected chi connectivity index (χ2v) is 8.04. The van der Waals surface area contributed by atoms with Crippen molar-refractivity contribution in [2.24, 2.45) is 0 Å². The summed E-state index contributed by atoms with van der Waals surface area (Å²) in [5, 5.41) is 3.50. The molecule has 3 aromatic rings. The molecule has 2 atom stereocenters. The van der Waals surface area contributed by atoms with E-state index in [1.807, 2.05) is 61.7 Å². The van der Waals surface area contributed by atoms with Crippen LogP contribution in [-0.2, 0) is 4.79 Å². The number of aryl methyl sites for hydroxylation is 1. The van der Waals surface area contributed by atoms with E-state index in [0.717, 1.165) is 16.7 Å². The molecule has 0 spiro atoms. The number of carbonyl (C=O) groups is 2. The highest BCUT2D eigenvalue weighted by molar-refractivity contribution is 6.30. The lowest BCUT2D eigenvalue weighted by Crippen LogP contribution is -2.42. The monoisotopic (exact) mass is 448 g/mol. The SMILES string of the molecule is COc1cccc(/C=[N+]2\NC(=O)[C@H](NC(=O)c3cccc(C)c3)[C@@H]2c2ccc(Cl)cc2)c1. The number of hydrogen-bond acceptors (Lipinski definition) is 3. The standard InChI is InChI=1S/C25H22ClN3O3/c1-16-5-3-7-19(13-16)24(30)27-22-23(18-9-11-20(26)12-10-18)29(28-25(22)31)15-17-6-4-8-21(14-17)32-2/h3-15,22-23H,1-2H3,(H-,27,28,30,31)/p+1/b29-15-/t22-,23+/m1/s1. The molecule has 0 radical (unpaired) electrons. The highest BCUT2D eigenvalue weighted by Gasteiger charge is 2.47. The van der Waals surface area contributed by atoms with E-state index in [9.17, 15) is 9.59 Å². The molecule has 1 aliphatic heterocycles. The summed E-state index contributed by atoms with van der Waals surface area (Å²) in [5.41, 5.74) is 6.02. The molecule has 1 fully saturated rings. The van der Waals surface area contributed by atoms with Gasteiger partial charge in [0.15, 0.2) is 6.04 Å². The minimum Gasteiger partial charge on any atom is -0.497 e. The van der Waals surface area contributed by atoms with E-state index >= 15 is 0 Å². The summed E-state index contributed by atoms with van der Waals surface area (Å²) in [5.74, 6) is 0.0951. The Bertz CT molecular complexity index is 1190. The van der Waals surface area contributed by atoms with Crippen LogP contribution in [0.1, 0.15) is 33.1 Å². The van der Waals surface area contributed by atoms with Crippen LogP contribution in [0.2, 0.25) is 5.02 Å². The van der Waals surface area contributed by atoms with Gasteiger partial charge in [0.1, 0.15) is 5.75 Å². The van der Waals surface area contributed by atoms with Crippen LogP contribution < -0.4 is 15.5 Å². The number of nitrogens with one attached hydrogen (secondary N) is 2. The van der Waals surface area contributed by atoms with E-state index in [1.54, 1.807) is 36.1 Å². The van der Waals surface area contributed by atoms with Gasteiger partial charge < -0.3 is 10.1 Å². The Morgan fingerprint density at radius 3 is 2.56 bits per heavy atom. The molecule has 7 heteroatoms. The van der Waals surface area contributed by atoms with Gasteiger partial charge in [-0.3, -0.25) is 9.59 Å². The third-order valence-corrected chi connectivity index (χ3v) is 5.55. The molecule has 3 aromatic carbocycles. The maximum atomic E-state index is 12.9. The van der Waals surface area contributed by atoms with Gasteiger partial charge in [0.05, 0.1) is 7.11 Å². The number of benzene rings is 3. The fourth-order valence-corrected chi connectivity index (χ4v) is 3.86. The van der Waals surface area contributed by atoms with E-state index in [4.69, 9.17) is 16.3 Å². The normalized spacial score (nSPS) is 19.0. The number of rotatable bonds is 5. The molecule has 6 nitrogen and oxygen atoms in total. The van der Waals surface area contributed by atoms with Gasteiger partial charge in [0.2, 0.25) is 12.3 Å². The molecule has 2 amide bonds. The van der Waals surface area contributed by atoms with Gasteiger partial charge in [0, 0.05) is 21.7 Å². The van der Waals surface area contributed by atoms with Crippen molar-refractivity contribution in [1.82, 2.24) is 10.7 Å². The van der Waals surface area contributed by atoms with Crippen LogP contribution in [-0.4, -0.2) is 35.9 Å². The topological polar surface area (TPSA) is 70.4 Å². The van der Waals surface area contributed by atoms with Gasteiger partial charge in [-0.05, 0) is 49.4 Å². The van der Waals surface area contributed by atoms with Crippen molar-refractivity contribution in [3.63, 3.8) is 0 Å². The first kappa shape index (κ1) is 21.6. The van der Waals surface area contributed by atoms with Crippen LogP contribution in [0.5, 0.6) is 5.75 Å². The number of methoxy groups -OCH3 is 1. The van der Waals surface area contributed by atoms with Gasteiger partial charge in [-0.25, -0.2) is 0 Å². The summed E-state index contributed by atoms with van der Waals surface area (Å²) >= 11 is 6.07. The van der Waals surface area contributed by atoms with Crippen LogP contribution in [0.15, 0.2) is 72.8 Å². The van der Waals surface area contributed by atoms with Crippen LogP contribution in [0.4, 0.5) is 0 Å². The number of amides is 2. The first-order chi connectivity index (χ1) is 15.4. The number of hydrazine groups is 1. The molecule has 0 saturated carbocycles. The van der Waals surface area contributed by atoms with Gasteiger partial charge in [-0.1, -0.05) is 47.5 Å². The van der Waals surface area contributed by atoms with E-state index in [0.29, 0.717) is 16.3 Å². The summed E-state index contributed by atoms with van der Waals surface area (Å²) < 4.78 is 7.01. The lowest BCUT2D eigenvalue weighted by atomic mass is 9.99. The minimum absolute atomic E-state index is 0.301. The Morgan fingerprint density at radius 2 is 1.84 bits per heavy atom. The predicted octanol–water partition coefficient (Wildman–Crippen LogP) is 3.67. The third-order valence-electron chi connectivity index (χ3n) is 5.30. The van der Waals surface area contributed by atoms with Gasteiger partial charge in [0.25, 0.3) is 5.91 Å². The lowest BCUT2D eigenvalue weighted by Gasteiger charge is -2.15. The molecule has 1 heterocycles. The summed E-state index contributed by atoms with van der Waals surface area (Å²) in [6, 6.07) is 20.7. The average Bonchev–Trinajstić information content (AvgIpc) is 3.09. The molecule has 0 unspecified atom stereocenters. The third kappa shape index (κ3) is 4.65. The van der Waals surface area contributed by atoms with Crippen LogP contribution in [0, 0.1) is 6.92 Å². The maximum Gasteiger partial charge on any atom is 0.304 e. The number of hydrogen-bond donors (Lipinski definition) is 2. The Balaban J connectivity index is 1.71. The quantitative estimate of drug-likeness (QED) is 0.585. The first-order valence-corrected chi connectivity index (χ1v) is 10.5. The first-order valence-electron chi connectivity index (χ1n) is 10.2. The minimum atomic E-state index is -0.800. The van der Waals surface area contributed by atoms with Crippen molar-refractivity contribution in [2.45, 2.75) is 19.0 Å². The summed E-state index contributed by atoms with van der Waals surface area (Å²) in [7, 11) is 1.60. The van der Waals surface area contributed by atoms with Gasteiger partial charge in [-0.15, -0.1) is 10.1 Å². The summed E-state index contributed by atoms with van der Waals surface area (Å²) in [4.78, 5) is 25.9. The van der Waals surface area contributed by atoms with Crippen molar-refractivity contribution in [1.29, 1.82) is 0 Å². The highest BCUT2D eigenvalue weighted by Crippen LogP contribution is 2.27. The van der Waals surface area contributed by atoms with Crippen LogP contribution >= 0.6 is 11.6 Å². The van der Waals surface area contributed by atoms with Crippen molar-refractivity contribution in [3.8, 4) is 5.75 Å². The van der Waals surface area contributed by atoms with Gasteiger partial charge in [-0.2, -0.15) is 0 Å². The molecule has 0 aromatic heterocycles. The molecular formula is C25H23ClN3O3+. The zero-order chi connectivity index (χ0) is 22.7. The Hall–Kier alpha value is -3.64. The highest BCUT2D eigenvalue weighted by atomic mass is 35.5. The van der Waals surface area contributed by atoms with E-state index < -0.39 is 12.1 Å². The van der Waals surface area contributed by atoms with E-state index in [2.05, 4.69) is 10.7 Å². The molecule has 32 heavy (non-hydrogen) atoms. The second-order valence-electron chi connectivity index (χ2n) is 7.61. The van der Waals surface area contributed by atoms with Crippen LogP contribution in [0.25, 0.3) is 0 Å². The predicted molar refractivity (Wildman–Crippen MR) is 123 cm³/mol. The number of ether oxygens (including phenoxy) is 1. The number of halogens is 1. The van der Waals surface area contributed by atoms with Crippen molar-refractivity contribution >= 4 is 29.6 Å². The number of nitrogens with zero attached hydrogens (tertiary/aromatic N) is 1. The lowest BCUT2D eigenvalue weighted by molar-refractivity contribution is -0.596. The molecule has 2 N–H and O–H groups in total. The van der Waals surface area contributed by atoms with Crippen LogP contribution in [0.3, 0.4) is 0 Å². The smallest absolute Gasteiger partial charge is 0.304 e. The summed E-state index contributed by atoms with van der Waals surface area (Å²) in [6.07, 6.45) is 1.82. The van der Waals surface area contributed by atoms with Crippen molar-refractivity contribution in [2.75, 3.05) is 7.11 Å². The Labute approximate surface area is 191 Å². The molecule has 0 bridgehead atoms. The number of hydrazone groups is 1. The zero-order valence-corrected chi connectivity index (χ0v) is 18.5. The van der Waals surface area contributed by atoms with Crippen molar-refractivity contribution < 1.29 is 19.0 Å². The zero-order valence-electron chi connectivity index (χ0n) is 17.7. The average molecular weight is 449 g/mol. The second kappa shape index (κ2) is 9.24. The fraction of sp³-hybridized carbons (Fsp3) is 0.160. The molecule has 162 valence electrons. The Kier molecular flexibility index (Phi) is 6.23. The molecule has 0 aliphatic carbocycles. The molecule has 1 saturated heterocycles. The number of carbonyl (C=O) groups excluding carboxylic acids is 2. The maximum absolute atomic E-state index is 12.9. The molecular weight excluding hydrogens is 426 g/mol. The van der Waals surface area contributed by atoms with Crippen molar-refractivity contribution in [3.05, 3.63) is 100 Å². The van der Waals surface area contributed by atoms with E-state index in [1.165, 1.54) is 0 Å². The largest absolute Gasteiger partial charge is 0.497 e. The Morgan fingerprint density at radius 1 is 1.09 bits per heavy atom. The van der Waals surface area contributed by atoms with Gasteiger partial charge >= 0.3 is 5.91 Å². The molecule has 1 aliphatic rings. The van der Waals surface area contributed by atoms with E-state index in [-0.39, 0.29) is 11.8 Å². The summed E-state index contributed by atoms with van der Waals surface area (Å²) in [6.45, 7) is 1.92. The molecule has 4 rings (SSSR count).